The number of guanidine groups is 1. The molecule has 0 unspecified atom stereocenters. The fourth-order valence-electron chi connectivity index (χ4n) is 3.38. The van der Waals surface area contributed by atoms with Gasteiger partial charge in [-0.3, -0.25) is 4.99 Å². The number of piperidine rings is 1. The molecule has 1 aliphatic heterocycles. The van der Waals surface area contributed by atoms with Crippen molar-refractivity contribution in [3.63, 3.8) is 0 Å². The highest BCUT2D eigenvalue weighted by Gasteiger charge is 2.25. The maximum Gasteiger partial charge on any atom is 0.211 e. The molecule has 0 aromatic carbocycles. The van der Waals surface area contributed by atoms with Crippen molar-refractivity contribution in [1.82, 2.24) is 14.9 Å². The molecule has 1 heterocycles. The summed E-state index contributed by atoms with van der Waals surface area (Å²) < 4.78 is 24.7. The van der Waals surface area contributed by atoms with E-state index in [0.717, 1.165) is 57.6 Å². The Bertz CT molecular complexity index is 507. The van der Waals surface area contributed by atoms with Gasteiger partial charge in [0.15, 0.2) is 5.96 Å². The fourth-order valence-corrected chi connectivity index (χ4v) is 4.25. The predicted octanol–water partition coefficient (Wildman–Crippen LogP) is 0.517. The summed E-state index contributed by atoms with van der Waals surface area (Å²) >= 11 is 0. The average molecular weight is 361 g/mol. The van der Waals surface area contributed by atoms with Crippen LogP contribution in [0.3, 0.4) is 0 Å². The van der Waals surface area contributed by atoms with Gasteiger partial charge in [0.25, 0.3) is 0 Å². The minimum atomic E-state index is -3.06. The Balaban J connectivity index is 1.81. The number of aliphatic imine (C=N–C) groups is 1. The van der Waals surface area contributed by atoms with Crippen molar-refractivity contribution in [2.24, 2.45) is 10.9 Å². The smallest absolute Gasteiger partial charge is 0.211 e. The van der Waals surface area contributed by atoms with Gasteiger partial charge in [0, 0.05) is 32.2 Å². The van der Waals surface area contributed by atoms with Gasteiger partial charge in [0.1, 0.15) is 0 Å². The first-order valence-electron chi connectivity index (χ1n) is 9.06. The maximum atomic E-state index is 11.5. The third-order valence-electron chi connectivity index (χ3n) is 4.93. The number of aliphatic hydroxyl groups excluding tert-OH is 1. The molecule has 0 spiro atoms. The van der Waals surface area contributed by atoms with Crippen LogP contribution in [0.25, 0.3) is 0 Å². The molecule has 0 amide bonds. The lowest BCUT2D eigenvalue weighted by molar-refractivity contribution is 0.120. The van der Waals surface area contributed by atoms with E-state index >= 15 is 0 Å². The zero-order chi connectivity index (χ0) is 17.6. The summed E-state index contributed by atoms with van der Waals surface area (Å²) in [6.45, 7) is 4.79. The van der Waals surface area contributed by atoms with Crippen LogP contribution in [0.15, 0.2) is 4.99 Å². The Morgan fingerprint density at radius 2 is 1.79 bits per heavy atom. The van der Waals surface area contributed by atoms with Crippen molar-refractivity contribution in [2.75, 3.05) is 32.4 Å². The number of nitrogens with zero attached hydrogens (tertiary/aromatic N) is 2. The second-order valence-corrected chi connectivity index (χ2v) is 8.96. The Hall–Kier alpha value is -0.860. The minimum Gasteiger partial charge on any atom is -0.393 e. The molecular weight excluding hydrogens is 328 g/mol. The number of rotatable bonds is 5. The number of hydrogen-bond acceptors (Lipinski definition) is 4. The highest BCUT2D eigenvalue weighted by atomic mass is 32.2. The van der Waals surface area contributed by atoms with Crippen LogP contribution in [0, 0.1) is 5.92 Å². The summed E-state index contributed by atoms with van der Waals surface area (Å²) in [4.78, 5) is 4.70. The van der Waals surface area contributed by atoms with Gasteiger partial charge in [-0.2, -0.15) is 0 Å². The van der Waals surface area contributed by atoms with E-state index in [9.17, 15) is 13.5 Å². The van der Waals surface area contributed by atoms with Crippen molar-refractivity contribution >= 4 is 16.0 Å². The van der Waals surface area contributed by atoms with Crippen molar-refractivity contribution < 1.29 is 13.5 Å². The van der Waals surface area contributed by atoms with Gasteiger partial charge < -0.3 is 15.7 Å². The summed E-state index contributed by atoms with van der Waals surface area (Å²) in [5, 5.41) is 16.4. The molecule has 140 valence electrons. The molecule has 2 aliphatic rings. The highest BCUT2D eigenvalue weighted by molar-refractivity contribution is 7.88. The average Bonchev–Trinajstić information content (AvgIpc) is 2.54. The number of sulfonamides is 1. The van der Waals surface area contributed by atoms with E-state index in [4.69, 9.17) is 4.99 Å². The van der Waals surface area contributed by atoms with E-state index in [2.05, 4.69) is 10.6 Å². The zero-order valence-electron chi connectivity index (χ0n) is 14.9. The van der Waals surface area contributed by atoms with Gasteiger partial charge in [-0.1, -0.05) is 0 Å². The Kier molecular flexibility index (Phi) is 7.31. The van der Waals surface area contributed by atoms with Gasteiger partial charge in [-0.05, 0) is 51.4 Å². The first-order valence-corrected chi connectivity index (χ1v) is 10.9. The maximum absolute atomic E-state index is 11.5. The van der Waals surface area contributed by atoms with Crippen LogP contribution in [0.5, 0.6) is 0 Å². The number of nitrogens with one attached hydrogen (secondary N) is 2. The minimum absolute atomic E-state index is 0.150. The molecule has 2 fully saturated rings. The summed E-state index contributed by atoms with van der Waals surface area (Å²) in [5.41, 5.74) is 0. The molecule has 0 radical (unpaired) electrons. The quantitative estimate of drug-likeness (QED) is 0.491. The van der Waals surface area contributed by atoms with Crippen LogP contribution in [0.1, 0.15) is 45.4 Å². The molecule has 1 aliphatic carbocycles. The molecule has 0 bridgehead atoms. The summed E-state index contributed by atoms with van der Waals surface area (Å²) in [6, 6.07) is 0.373. The van der Waals surface area contributed by atoms with Crippen LogP contribution in [0.4, 0.5) is 0 Å². The van der Waals surface area contributed by atoms with Gasteiger partial charge in [0.05, 0.1) is 12.4 Å². The van der Waals surface area contributed by atoms with Crippen molar-refractivity contribution in [2.45, 2.75) is 57.6 Å². The van der Waals surface area contributed by atoms with Crippen molar-refractivity contribution in [1.29, 1.82) is 0 Å². The molecule has 8 heteroatoms. The van der Waals surface area contributed by atoms with E-state index in [-0.39, 0.29) is 6.10 Å². The molecule has 0 atom stereocenters. The van der Waals surface area contributed by atoms with E-state index in [1.807, 2.05) is 6.92 Å². The van der Waals surface area contributed by atoms with Crippen LogP contribution < -0.4 is 10.6 Å². The summed E-state index contributed by atoms with van der Waals surface area (Å²) in [6.07, 6.45) is 6.50. The fraction of sp³-hybridized carbons (Fsp3) is 0.938. The molecule has 1 saturated heterocycles. The number of aliphatic hydroxyl groups is 1. The Morgan fingerprint density at radius 1 is 1.17 bits per heavy atom. The first-order chi connectivity index (χ1) is 11.4. The van der Waals surface area contributed by atoms with Crippen molar-refractivity contribution in [3.05, 3.63) is 0 Å². The molecule has 7 nitrogen and oxygen atoms in total. The van der Waals surface area contributed by atoms with E-state index < -0.39 is 10.0 Å². The van der Waals surface area contributed by atoms with Crippen LogP contribution in [0.2, 0.25) is 0 Å². The second-order valence-electron chi connectivity index (χ2n) is 6.97. The Morgan fingerprint density at radius 3 is 2.33 bits per heavy atom. The topological polar surface area (TPSA) is 94.0 Å². The monoisotopic (exact) mass is 360 g/mol. The first kappa shape index (κ1) is 19.5. The number of hydrogen-bond donors (Lipinski definition) is 3. The lowest BCUT2D eigenvalue weighted by atomic mass is 9.93. The van der Waals surface area contributed by atoms with Crippen molar-refractivity contribution in [3.8, 4) is 0 Å². The molecular formula is C16H32N4O3S. The van der Waals surface area contributed by atoms with E-state index in [0.29, 0.717) is 25.0 Å². The molecule has 3 N–H and O–H groups in total. The van der Waals surface area contributed by atoms with Crippen LogP contribution in [-0.2, 0) is 10.0 Å². The summed E-state index contributed by atoms with van der Waals surface area (Å²) in [7, 11) is -3.06. The SMILES string of the molecule is CCNC(=NCC1CCN(S(C)(=O)=O)CC1)NC1CCC(O)CC1. The molecule has 0 aromatic rings. The van der Waals surface area contributed by atoms with Crippen LogP contribution >= 0.6 is 0 Å². The van der Waals surface area contributed by atoms with Gasteiger partial charge in [-0.25, -0.2) is 12.7 Å². The standard InChI is InChI=1S/C16H32N4O3S/c1-3-17-16(19-14-4-6-15(21)7-5-14)18-12-13-8-10-20(11-9-13)24(2,22)23/h13-15,21H,3-12H2,1-2H3,(H2,17,18,19). The van der Waals surface area contributed by atoms with Crippen LogP contribution in [-0.4, -0.2) is 68.4 Å². The zero-order valence-corrected chi connectivity index (χ0v) is 15.7. The molecule has 24 heavy (non-hydrogen) atoms. The normalized spacial score (nSPS) is 27.9. The molecule has 1 saturated carbocycles. The third-order valence-corrected chi connectivity index (χ3v) is 6.24. The lowest BCUT2D eigenvalue weighted by Crippen LogP contribution is -2.45. The molecule has 0 aromatic heterocycles. The van der Waals surface area contributed by atoms with Gasteiger partial charge >= 0.3 is 0 Å². The third kappa shape index (κ3) is 6.22. The van der Waals surface area contributed by atoms with Gasteiger partial charge in [0.2, 0.25) is 10.0 Å². The second kappa shape index (κ2) is 9.01. The van der Waals surface area contributed by atoms with E-state index in [1.54, 1.807) is 4.31 Å². The van der Waals surface area contributed by atoms with E-state index in [1.165, 1.54) is 6.26 Å². The van der Waals surface area contributed by atoms with Gasteiger partial charge in [-0.15, -0.1) is 0 Å². The lowest BCUT2D eigenvalue weighted by Gasteiger charge is -2.30. The largest absolute Gasteiger partial charge is 0.393 e. The Labute approximate surface area is 146 Å². The predicted molar refractivity (Wildman–Crippen MR) is 96.5 cm³/mol. The summed E-state index contributed by atoms with van der Waals surface area (Å²) in [5.74, 6) is 1.27. The highest BCUT2D eigenvalue weighted by Crippen LogP contribution is 2.20. The molecule has 2 rings (SSSR count).